The van der Waals surface area contributed by atoms with Gasteiger partial charge >= 0.3 is 0 Å². The summed E-state index contributed by atoms with van der Waals surface area (Å²) in [5.74, 6) is 2.58. The first-order valence-corrected chi connectivity index (χ1v) is 14.0. The van der Waals surface area contributed by atoms with Crippen molar-refractivity contribution >= 4 is 11.8 Å². The average Bonchev–Trinajstić information content (AvgIpc) is 3.10. The molecule has 0 aromatic heterocycles. The summed E-state index contributed by atoms with van der Waals surface area (Å²) in [7, 11) is 0. The molecule has 190 valence electrons. The number of hydrogen-bond donors (Lipinski definition) is 2. The molecule has 4 saturated carbocycles. The van der Waals surface area contributed by atoms with Crippen LogP contribution in [0.3, 0.4) is 0 Å². The average molecular weight is 469 g/mol. The largest absolute Gasteiger partial charge is 0.369 e. The van der Waals surface area contributed by atoms with Gasteiger partial charge in [0.15, 0.2) is 0 Å². The quantitative estimate of drug-likeness (QED) is 0.488. The highest BCUT2D eigenvalue weighted by atomic mass is 16.2. The third-order valence-corrected chi connectivity index (χ3v) is 13.0. The molecule has 9 atom stereocenters. The van der Waals surface area contributed by atoms with E-state index in [0.29, 0.717) is 36.0 Å². The molecule has 3 N–H and O–H groups in total. The van der Waals surface area contributed by atoms with E-state index in [9.17, 15) is 9.59 Å². The maximum atomic E-state index is 13.0. The Labute approximate surface area is 207 Å². The number of allylic oxidation sites excluding steroid dienone is 1. The SMILES string of the molecule is C=C(C)[C@@H]1CC[C@]2(C(N)=O)CC[C@]3(C)[C@H](CC[C@@H]4[C@@]5(C)CCC(=O)NC(C)(C)[C@@H]5CC[C@]43C)[C@@H]12. The Balaban J connectivity index is 1.58. The Morgan fingerprint density at radius 3 is 2.26 bits per heavy atom. The van der Waals surface area contributed by atoms with Gasteiger partial charge in [-0.3, -0.25) is 9.59 Å². The summed E-state index contributed by atoms with van der Waals surface area (Å²) in [6.07, 6.45) is 10.5. The Kier molecular flexibility index (Phi) is 5.27. The number of nitrogens with one attached hydrogen (secondary N) is 1. The zero-order valence-electron chi connectivity index (χ0n) is 22.6. The van der Waals surface area contributed by atoms with Gasteiger partial charge in [-0.15, -0.1) is 0 Å². The van der Waals surface area contributed by atoms with Crippen LogP contribution in [0, 0.1) is 51.2 Å². The van der Waals surface area contributed by atoms with Gasteiger partial charge in [0.05, 0.1) is 5.41 Å². The molecule has 34 heavy (non-hydrogen) atoms. The van der Waals surface area contributed by atoms with Crippen molar-refractivity contribution in [1.29, 1.82) is 0 Å². The number of carbonyl (C=O) groups excluding carboxylic acids is 2. The third kappa shape index (κ3) is 2.89. The van der Waals surface area contributed by atoms with E-state index in [1.54, 1.807) is 0 Å². The zero-order chi connectivity index (χ0) is 24.9. The summed E-state index contributed by atoms with van der Waals surface area (Å²) in [6, 6.07) is 0. The lowest BCUT2D eigenvalue weighted by atomic mass is 9.33. The van der Waals surface area contributed by atoms with Crippen molar-refractivity contribution in [3.05, 3.63) is 12.2 Å². The number of carbonyl (C=O) groups is 2. The molecule has 0 aromatic carbocycles. The second-order valence-electron chi connectivity index (χ2n) is 14.5. The van der Waals surface area contributed by atoms with Crippen LogP contribution in [0.2, 0.25) is 0 Å². The van der Waals surface area contributed by atoms with Crippen molar-refractivity contribution in [2.24, 2.45) is 57.0 Å². The number of primary amides is 1. The molecule has 0 bridgehead atoms. The smallest absolute Gasteiger partial charge is 0.223 e. The topological polar surface area (TPSA) is 72.2 Å². The first kappa shape index (κ1) is 24.4. The van der Waals surface area contributed by atoms with Gasteiger partial charge in [-0.25, -0.2) is 0 Å². The number of hydrogen-bond acceptors (Lipinski definition) is 2. The van der Waals surface area contributed by atoms with Crippen LogP contribution in [0.15, 0.2) is 12.2 Å². The molecule has 0 unspecified atom stereocenters. The second-order valence-corrected chi connectivity index (χ2v) is 14.5. The van der Waals surface area contributed by atoms with Gasteiger partial charge in [-0.1, -0.05) is 32.9 Å². The zero-order valence-corrected chi connectivity index (χ0v) is 22.6. The van der Waals surface area contributed by atoms with E-state index in [4.69, 9.17) is 5.73 Å². The second kappa shape index (κ2) is 7.35. The maximum Gasteiger partial charge on any atom is 0.223 e. The molecule has 4 aliphatic carbocycles. The van der Waals surface area contributed by atoms with Crippen LogP contribution < -0.4 is 11.1 Å². The van der Waals surface area contributed by atoms with E-state index in [-0.39, 0.29) is 39.0 Å². The van der Waals surface area contributed by atoms with Crippen molar-refractivity contribution in [3.63, 3.8) is 0 Å². The molecule has 5 fully saturated rings. The molecule has 1 heterocycles. The van der Waals surface area contributed by atoms with E-state index >= 15 is 0 Å². The van der Waals surface area contributed by atoms with Crippen LogP contribution in [0.1, 0.15) is 106 Å². The van der Waals surface area contributed by atoms with Crippen LogP contribution in [0.5, 0.6) is 0 Å². The molecular formula is C30H48N2O2. The van der Waals surface area contributed by atoms with Crippen LogP contribution in [-0.2, 0) is 9.59 Å². The molecule has 0 spiro atoms. The van der Waals surface area contributed by atoms with Crippen molar-refractivity contribution in [3.8, 4) is 0 Å². The highest BCUT2D eigenvalue weighted by molar-refractivity contribution is 5.82. The van der Waals surface area contributed by atoms with Crippen molar-refractivity contribution < 1.29 is 9.59 Å². The summed E-state index contributed by atoms with van der Waals surface area (Å²) in [5, 5.41) is 3.38. The van der Waals surface area contributed by atoms with Crippen molar-refractivity contribution in [1.82, 2.24) is 5.32 Å². The standard InChI is InChI=1S/C30H48N2O2/c1-18(2)19-10-15-30(25(31)34)17-16-28(6)20(24(19)30)8-9-22-27(5)13-12-23(33)32-26(3,4)21(27)11-14-29(22,28)7/h19-22,24H,1,8-17H2,2-7H3,(H2,31,34)(H,32,33)/t19-,20+,21-,22+,24+,27-,28+,29+,30-/m0/s1. The van der Waals surface area contributed by atoms with Gasteiger partial charge in [0.2, 0.25) is 11.8 Å². The van der Waals surface area contributed by atoms with Gasteiger partial charge in [-0.2, -0.15) is 0 Å². The minimum absolute atomic E-state index is 0.0543. The minimum atomic E-state index is -0.335. The fourth-order valence-corrected chi connectivity index (χ4v) is 11.4. The predicted molar refractivity (Wildman–Crippen MR) is 137 cm³/mol. The molecule has 4 nitrogen and oxygen atoms in total. The molecule has 1 saturated heterocycles. The molecule has 1 aliphatic heterocycles. The summed E-state index contributed by atoms with van der Waals surface area (Å²) in [4.78, 5) is 25.7. The lowest BCUT2D eigenvalue weighted by Gasteiger charge is -2.71. The van der Waals surface area contributed by atoms with Crippen molar-refractivity contribution in [2.75, 3.05) is 0 Å². The molecule has 2 amide bonds. The van der Waals surface area contributed by atoms with Gasteiger partial charge in [-0.05, 0) is 124 Å². The lowest BCUT2D eigenvalue weighted by Crippen LogP contribution is -2.66. The summed E-state index contributed by atoms with van der Waals surface area (Å²) in [6.45, 7) is 18.8. The molecule has 4 heteroatoms. The van der Waals surface area contributed by atoms with E-state index in [2.05, 4.69) is 53.4 Å². The molecule has 0 radical (unpaired) electrons. The first-order valence-electron chi connectivity index (χ1n) is 14.0. The molecule has 5 rings (SSSR count). The fraction of sp³-hybridized carbons (Fsp3) is 0.867. The van der Waals surface area contributed by atoms with Gasteiger partial charge < -0.3 is 11.1 Å². The van der Waals surface area contributed by atoms with Crippen LogP contribution in [-0.4, -0.2) is 17.4 Å². The van der Waals surface area contributed by atoms with Crippen molar-refractivity contribution in [2.45, 2.75) is 111 Å². The maximum absolute atomic E-state index is 13.0. The predicted octanol–water partition coefficient (Wildman–Crippen LogP) is 6.00. The van der Waals surface area contributed by atoms with Crippen LogP contribution >= 0.6 is 0 Å². The molecule has 0 aromatic rings. The van der Waals surface area contributed by atoms with E-state index in [1.165, 1.54) is 31.3 Å². The fourth-order valence-electron chi connectivity index (χ4n) is 11.4. The molecule has 5 aliphatic rings. The monoisotopic (exact) mass is 468 g/mol. The first-order chi connectivity index (χ1) is 15.7. The van der Waals surface area contributed by atoms with E-state index in [0.717, 1.165) is 32.1 Å². The summed E-state index contributed by atoms with van der Waals surface area (Å²) >= 11 is 0. The number of amides is 2. The van der Waals surface area contributed by atoms with Crippen LogP contribution in [0.25, 0.3) is 0 Å². The third-order valence-electron chi connectivity index (χ3n) is 13.0. The lowest BCUT2D eigenvalue weighted by molar-refractivity contribution is -0.222. The summed E-state index contributed by atoms with van der Waals surface area (Å²) in [5.41, 5.74) is 7.52. The van der Waals surface area contributed by atoms with E-state index in [1.807, 2.05) is 0 Å². The highest BCUT2D eigenvalue weighted by Gasteiger charge is 2.71. The minimum Gasteiger partial charge on any atom is -0.369 e. The number of nitrogens with two attached hydrogens (primary N) is 1. The van der Waals surface area contributed by atoms with Crippen LogP contribution in [0.4, 0.5) is 0 Å². The highest BCUT2D eigenvalue weighted by Crippen LogP contribution is 2.76. The normalized spacial score (nSPS) is 51.7. The number of rotatable bonds is 2. The van der Waals surface area contributed by atoms with Gasteiger partial charge in [0, 0.05) is 12.0 Å². The number of fused-ring (bicyclic) bond motifs is 7. The van der Waals surface area contributed by atoms with E-state index < -0.39 is 0 Å². The Morgan fingerprint density at radius 1 is 0.912 bits per heavy atom. The Hall–Kier alpha value is -1.32. The Morgan fingerprint density at radius 2 is 1.62 bits per heavy atom. The Bertz CT molecular complexity index is 925. The van der Waals surface area contributed by atoms with Gasteiger partial charge in [0.1, 0.15) is 0 Å². The molecular weight excluding hydrogens is 420 g/mol. The summed E-state index contributed by atoms with van der Waals surface area (Å²) < 4.78 is 0. The van der Waals surface area contributed by atoms with Gasteiger partial charge in [0.25, 0.3) is 0 Å².